The van der Waals surface area contributed by atoms with Crippen molar-refractivity contribution in [1.29, 1.82) is 0 Å². The molecule has 1 atom stereocenters. The molecular weight excluding hydrogens is 286 g/mol. The average molecular weight is 307 g/mol. The van der Waals surface area contributed by atoms with E-state index in [4.69, 9.17) is 4.74 Å². The monoisotopic (exact) mass is 307 g/mol. The van der Waals surface area contributed by atoms with Crippen LogP contribution in [-0.4, -0.2) is 38.2 Å². The zero-order valence-corrected chi connectivity index (χ0v) is 13.2. The highest BCUT2D eigenvalue weighted by Gasteiger charge is 2.45. The summed E-state index contributed by atoms with van der Waals surface area (Å²) in [4.78, 5) is 0. The zero-order chi connectivity index (χ0) is 15.1. The SMILES string of the molecule is C=C(C)CS(=O)(=O)N1CCO[C@@]2(CCc3ccccc32)C1. The van der Waals surface area contributed by atoms with Crippen LogP contribution in [0.2, 0.25) is 0 Å². The van der Waals surface area contributed by atoms with Gasteiger partial charge in [-0.1, -0.05) is 36.4 Å². The minimum atomic E-state index is -3.29. The van der Waals surface area contributed by atoms with E-state index < -0.39 is 15.6 Å². The predicted octanol–water partition coefficient (Wildman–Crippen LogP) is 2.07. The normalized spacial score (nSPS) is 26.0. The number of morpholine rings is 1. The van der Waals surface area contributed by atoms with Crippen LogP contribution < -0.4 is 0 Å². The lowest BCUT2D eigenvalue weighted by Gasteiger charge is -2.40. The second-order valence-electron chi connectivity index (χ2n) is 6.05. The fourth-order valence-corrected chi connectivity index (χ4v) is 4.92. The molecule has 0 unspecified atom stereocenters. The van der Waals surface area contributed by atoms with Gasteiger partial charge in [0.1, 0.15) is 5.60 Å². The Hall–Kier alpha value is -1.17. The predicted molar refractivity (Wildman–Crippen MR) is 82.6 cm³/mol. The van der Waals surface area contributed by atoms with Gasteiger partial charge in [0.15, 0.2) is 0 Å². The largest absolute Gasteiger partial charge is 0.368 e. The van der Waals surface area contributed by atoms with Crippen LogP contribution in [0.15, 0.2) is 36.4 Å². The van der Waals surface area contributed by atoms with E-state index in [1.54, 1.807) is 11.2 Å². The smallest absolute Gasteiger partial charge is 0.218 e. The number of fused-ring (bicyclic) bond motifs is 2. The van der Waals surface area contributed by atoms with Gasteiger partial charge in [-0.15, -0.1) is 0 Å². The number of hydrogen-bond acceptors (Lipinski definition) is 3. The first-order chi connectivity index (χ1) is 9.93. The summed E-state index contributed by atoms with van der Waals surface area (Å²) in [6.45, 7) is 6.77. The molecule has 1 aromatic rings. The molecule has 114 valence electrons. The molecule has 1 aliphatic heterocycles. The molecule has 21 heavy (non-hydrogen) atoms. The van der Waals surface area contributed by atoms with E-state index in [1.807, 2.05) is 12.1 Å². The Morgan fingerprint density at radius 2 is 2.19 bits per heavy atom. The van der Waals surface area contributed by atoms with Gasteiger partial charge >= 0.3 is 0 Å². The second-order valence-corrected chi connectivity index (χ2v) is 8.02. The van der Waals surface area contributed by atoms with Crippen molar-refractivity contribution < 1.29 is 13.2 Å². The molecule has 1 saturated heterocycles. The molecule has 0 radical (unpaired) electrons. The molecule has 1 aromatic carbocycles. The molecule has 4 nitrogen and oxygen atoms in total. The minimum Gasteiger partial charge on any atom is -0.368 e. The van der Waals surface area contributed by atoms with Gasteiger partial charge in [-0.3, -0.25) is 0 Å². The lowest BCUT2D eigenvalue weighted by Crippen LogP contribution is -2.51. The van der Waals surface area contributed by atoms with E-state index in [9.17, 15) is 8.42 Å². The van der Waals surface area contributed by atoms with Crippen molar-refractivity contribution in [2.45, 2.75) is 25.4 Å². The summed E-state index contributed by atoms with van der Waals surface area (Å²) in [5.74, 6) is 0.0186. The van der Waals surface area contributed by atoms with Gasteiger partial charge < -0.3 is 4.74 Å². The molecule has 3 rings (SSSR count). The standard InChI is InChI=1S/C16H21NO3S/c1-13(2)11-21(18,19)17-9-10-20-16(12-17)8-7-14-5-3-4-6-15(14)16/h3-6H,1,7-12H2,2H3/t16-/m0/s1. The van der Waals surface area contributed by atoms with Crippen LogP contribution in [0.5, 0.6) is 0 Å². The van der Waals surface area contributed by atoms with Crippen molar-refractivity contribution in [2.24, 2.45) is 0 Å². The quantitative estimate of drug-likeness (QED) is 0.803. The van der Waals surface area contributed by atoms with Crippen LogP contribution in [0.3, 0.4) is 0 Å². The fourth-order valence-electron chi connectivity index (χ4n) is 3.36. The Morgan fingerprint density at radius 3 is 2.95 bits per heavy atom. The Morgan fingerprint density at radius 1 is 1.43 bits per heavy atom. The first-order valence-corrected chi connectivity index (χ1v) is 8.88. The summed E-state index contributed by atoms with van der Waals surface area (Å²) in [6, 6.07) is 8.19. The van der Waals surface area contributed by atoms with Crippen molar-refractivity contribution >= 4 is 10.0 Å². The molecule has 1 spiro atoms. The highest BCUT2D eigenvalue weighted by Crippen LogP contribution is 2.42. The van der Waals surface area contributed by atoms with Gasteiger partial charge in [0.25, 0.3) is 0 Å². The Balaban J connectivity index is 1.89. The number of nitrogens with zero attached hydrogens (tertiary/aromatic N) is 1. The Labute approximate surface area is 126 Å². The lowest BCUT2D eigenvalue weighted by molar-refractivity contribution is -0.0932. The maximum absolute atomic E-state index is 12.5. The van der Waals surface area contributed by atoms with Gasteiger partial charge in [0, 0.05) is 13.1 Å². The highest BCUT2D eigenvalue weighted by atomic mass is 32.2. The molecular formula is C16H21NO3S. The molecule has 0 N–H and O–H groups in total. The van der Waals surface area contributed by atoms with Gasteiger partial charge in [-0.25, -0.2) is 8.42 Å². The summed E-state index contributed by atoms with van der Waals surface area (Å²) in [5, 5.41) is 0. The first-order valence-electron chi connectivity index (χ1n) is 7.27. The third kappa shape index (κ3) is 2.65. The maximum Gasteiger partial charge on any atom is 0.218 e. The van der Waals surface area contributed by atoms with E-state index in [0.29, 0.717) is 25.3 Å². The van der Waals surface area contributed by atoms with Crippen molar-refractivity contribution in [1.82, 2.24) is 4.31 Å². The van der Waals surface area contributed by atoms with Crippen LogP contribution >= 0.6 is 0 Å². The fraction of sp³-hybridized carbons (Fsp3) is 0.500. The average Bonchev–Trinajstić information content (AvgIpc) is 2.77. The molecule has 1 heterocycles. The molecule has 5 heteroatoms. The van der Waals surface area contributed by atoms with Gasteiger partial charge in [0.2, 0.25) is 10.0 Å². The number of benzene rings is 1. The van der Waals surface area contributed by atoms with Crippen LogP contribution in [0.25, 0.3) is 0 Å². The van der Waals surface area contributed by atoms with E-state index in [1.165, 1.54) is 5.56 Å². The van der Waals surface area contributed by atoms with E-state index in [2.05, 4.69) is 18.7 Å². The molecule has 0 amide bonds. The van der Waals surface area contributed by atoms with Gasteiger partial charge in [0.05, 0.1) is 12.4 Å². The second kappa shape index (κ2) is 5.23. The molecule has 2 aliphatic rings. The molecule has 0 bridgehead atoms. The number of ether oxygens (including phenoxy) is 1. The van der Waals surface area contributed by atoms with Gasteiger partial charge in [-0.05, 0) is 30.9 Å². The van der Waals surface area contributed by atoms with E-state index in [0.717, 1.165) is 18.4 Å². The van der Waals surface area contributed by atoms with E-state index >= 15 is 0 Å². The molecule has 0 saturated carbocycles. The molecule has 0 aromatic heterocycles. The van der Waals surface area contributed by atoms with Crippen LogP contribution in [0.1, 0.15) is 24.5 Å². The first kappa shape index (κ1) is 14.8. The van der Waals surface area contributed by atoms with E-state index in [-0.39, 0.29) is 5.75 Å². The lowest BCUT2D eigenvalue weighted by atomic mass is 9.94. The van der Waals surface area contributed by atoms with Crippen molar-refractivity contribution in [3.63, 3.8) is 0 Å². The number of aryl methyl sites for hydroxylation is 1. The van der Waals surface area contributed by atoms with Gasteiger partial charge in [-0.2, -0.15) is 4.31 Å². The Bertz CT molecular complexity index is 664. The summed E-state index contributed by atoms with van der Waals surface area (Å²) in [6.07, 6.45) is 1.80. The number of rotatable bonds is 3. The number of sulfonamides is 1. The van der Waals surface area contributed by atoms with Crippen molar-refractivity contribution in [2.75, 3.05) is 25.4 Å². The summed E-state index contributed by atoms with van der Waals surface area (Å²) >= 11 is 0. The third-order valence-electron chi connectivity index (χ3n) is 4.28. The maximum atomic E-state index is 12.5. The molecule has 1 aliphatic carbocycles. The minimum absolute atomic E-state index is 0.0186. The van der Waals surface area contributed by atoms with Crippen molar-refractivity contribution in [3.8, 4) is 0 Å². The van der Waals surface area contributed by atoms with Crippen LogP contribution in [0.4, 0.5) is 0 Å². The Kier molecular flexibility index (Phi) is 3.67. The summed E-state index contributed by atoms with van der Waals surface area (Å²) < 4.78 is 32.5. The van der Waals surface area contributed by atoms with Crippen LogP contribution in [0, 0.1) is 0 Å². The number of hydrogen-bond donors (Lipinski definition) is 0. The highest BCUT2D eigenvalue weighted by molar-refractivity contribution is 7.89. The summed E-state index contributed by atoms with van der Waals surface area (Å²) in [7, 11) is -3.29. The summed E-state index contributed by atoms with van der Waals surface area (Å²) in [5.41, 5.74) is 2.64. The van der Waals surface area contributed by atoms with Crippen molar-refractivity contribution in [3.05, 3.63) is 47.5 Å². The zero-order valence-electron chi connectivity index (χ0n) is 12.3. The third-order valence-corrected chi connectivity index (χ3v) is 6.24. The van der Waals surface area contributed by atoms with Crippen LogP contribution in [-0.2, 0) is 26.8 Å². The topological polar surface area (TPSA) is 46.6 Å². The molecule has 1 fully saturated rings.